The van der Waals surface area contributed by atoms with E-state index in [4.69, 9.17) is 11.6 Å². The molecule has 0 heterocycles. The molecule has 0 fully saturated rings. The highest BCUT2D eigenvalue weighted by atomic mass is 35.5. The lowest BCUT2D eigenvalue weighted by Gasteiger charge is -2.09. The van der Waals surface area contributed by atoms with Gasteiger partial charge in [-0.2, -0.15) is 0 Å². The molecule has 0 aliphatic rings. The molecule has 0 spiro atoms. The molecule has 0 radical (unpaired) electrons. The molecule has 3 N–H and O–H groups in total. The largest absolute Gasteiger partial charge is 0.343 e. The van der Waals surface area contributed by atoms with Crippen LogP contribution in [0.1, 0.15) is 15.9 Å². The van der Waals surface area contributed by atoms with Crippen LogP contribution in [0.15, 0.2) is 42.5 Å². The molecule has 26 heavy (non-hydrogen) atoms. The zero-order valence-electron chi connectivity index (χ0n) is 13.3. The van der Waals surface area contributed by atoms with Gasteiger partial charge in [0.1, 0.15) is 11.6 Å². The van der Waals surface area contributed by atoms with Crippen LogP contribution in [0, 0.1) is 11.6 Å². The average Bonchev–Trinajstić information content (AvgIpc) is 2.60. The van der Waals surface area contributed by atoms with Gasteiger partial charge in [-0.15, -0.1) is 0 Å². The normalized spacial score (nSPS) is 10.1. The zero-order valence-corrected chi connectivity index (χ0v) is 14.1. The van der Waals surface area contributed by atoms with Crippen LogP contribution in [0.4, 0.5) is 8.78 Å². The number of amides is 3. The van der Waals surface area contributed by atoms with Gasteiger partial charge in [-0.05, 0) is 29.8 Å². The van der Waals surface area contributed by atoms with Gasteiger partial charge in [-0.25, -0.2) is 8.78 Å². The maximum absolute atomic E-state index is 13.4. The molecule has 0 atom stereocenters. The summed E-state index contributed by atoms with van der Waals surface area (Å²) in [7, 11) is 0. The van der Waals surface area contributed by atoms with Crippen LogP contribution in [-0.4, -0.2) is 24.3 Å². The van der Waals surface area contributed by atoms with Gasteiger partial charge >= 0.3 is 0 Å². The monoisotopic (exact) mass is 381 g/mol. The summed E-state index contributed by atoms with van der Waals surface area (Å²) in [5.74, 6) is -3.94. The minimum absolute atomic E-state index is 0.0185. The molecule has 0 saturated heterocycles. The van der Waals surface area contributed by atoms with E-state index in [1.165, 1.54) is 0 Å². The fraction of sp³-hybridized carbons (Fsp3) is 0.118. The van der Waals surface area contributed by atoms with Gasteiger partial charge in [0.25, 0.3) is 11.8 Å². The first-order valence-electron chi connectivity index (χ1n) is 7.40. The van der Waals surface area contributed by atoms with E-state index in [1.807, 2.05) is 0 Å². The Balaban J connectivity index is 1.75. The van der Waals surface area contributed by atoms with E-state index in [0.717, 1.165) is 12.1 Å². The molecule has 2 aromatic rings. The predicted molar refractivity (Wildman–Crippen MR) is 90.1 cm³/mol. The van der Waals surface area contributed by atoms with Crippen molar-refractivity contribution in [1.29, 1.82) is 0 Å². The molecule has 0 aromatic heterocycles. The van der Waals surface area contributed by atoms with Crippen LogP contribution in [0.25, 0.3) is 0 Å². The van der Waals surface area contributed by atoms with Crippen LogP contribution >= 0.6 is 11.6 Å². The summed E-state index contributed by atoms with van der Waals surface area (Å²) in [6.45, 7) is -0.503. The molecular formula is C17H14ClF2N3O3. The Bertz CT molecular complexity index is 829. The topological polar surface area (TPSA) is 87.3 Å². The molecule has 3 amide bonds. The molecule has 9 heteroatoms. The molecule has 6 nitrogen and oxygen atoms in total. The number of rotatable bonds is 5. The Hall–Kier alpha value is -3.00. The van der Waals surface area contributed by atoms with E-state index in [2.05, 4.69) is 16.2 Å². The molecule has 0 saturated carbocycles. The Kier molecular flexibility index (Phi) is 6.62. The maximum Gasteiger partial charge on any atom is 0.257 e. The van der Waals surface area contributed by atoms with Crippen molar-refractivity contribution in [2.24, 2.45) is 0 Å². The number of carbonyl (C=O) groups is 3. The highest BCUT2D eigenvalue weighted by Crippen LogP contribution is 2.10. The van der Waals surface area contributed by atoms with Crippen LogP contribution < -0.4 is 16.2 Å². The number of carbonyl (C=O) groups excluding carboxylic acids is 3. The molecule has 136 valence electrons. The van der Waals surface area contributed by atoms with Crippen LogP contribution in [-0.2, 0) is 16.0 Å². The highest BCUT2D eigenvalue weighted by molar-refractivity contribution is 6.30. The summed E-state index contributed by atoms with van der Waals surface area (Å²) in [4.78, 5) is 35.1. The predicted octanol–water partition coefficient (Wildman–Crippen LogP) is 1.74. The van der Waals surface area contributed by atoms with Crippen LogP contribution in [0.2, 0.25) is 5.02 Å². The minimum atomic E-state index is -1.04. The number of hydrazine groups is 1. The van der Waals surface area contributed by atoms with Gasteiger partial charge in [0.15, 0.2) is 0 Å². The number of hydrogen-bond donors (Lipinski definition) is 3. The highest BCUT2D eigenvalue weighted by Gasteiger charge is 2.13. The van der Waals surface area contributed by atoms with E-state index in [0.29, 0.717) is 16.7 Å². The number of benzene rings is 2. The molecule has 0 bridgehead atoms. The summed E-state index contributed by atoms with van der Waals surface area (Å²) < 4.78 is 26.2. The average molecular weight is 382 g/mol. The zero-order chi connectivity index (χ0) is 19.1. The summed E-state index contributed by atoms with van der Waals surface area (Å²) in [5.41, 5.74) is 4.59. The molecule has 0 aliphatic heterocycles. The Labute approximate surface area is 152 Å². The van der Waals surface area contributed by atoms with Crippen LogP contribution in [0.3, 0.4) is 0 Å². The summed E-state index contributed by atoms with van der Waals surface area (Å²) in [6, 6.07) is 9.05. The van der Waals surface area contributed by atoms with E-state index in [-0.39, 0.29) is 6.42 Å². The lowest BCUT2D eigenvalue weighted by molar-refractivity contribution is -0.128. The van der Waals surface area contributed by atoms with Crippen molar-refractivity contribution >= 4 is 29.3 Å². The van der Waals surface area contributed by atoms with Crippen molar-refractivity contribution in [3.63, 3.8) is 0 Å². The Morgan fingerprint density at radius 3 is 2.23 bits per heavy atom. The summed E-state index contributed by atoms with van der Waals surface area (Å²) in [6.07, 6.45) is 0.0185. The van der Waals surface area contributed by atoms with Crippen molar-refractivity contribution in [1.82, 2.24) is 16.2 Å². The van der Waals surface area contributed by atoms with E-state index >= 15 is 0 Å². The number of hydrogen-bond acceptors (Lipinski definition) is 3. The molecule has 2 rings (SSSR count). The minimum Gasteiger partial charge on any atom is -0.343 e. The summed E-state index contributed by atoms with van der Waals surface area (Å²) in [5, 5.41) is 2.70. The first-order chi connectivity index (χ1) is 12.3. The lowest BCUT2D eigenvalue weighted by Crippen LogP contribution is -2.46. The standard InChI is InChI=1S/C17H14ClF2N3O3/c18-11-3-1-10(2-4-11)7-15(24)22-23-16(25)9-21-17(26)13-6-5-12(19)8-14(13)20/h1-6,8H,7,9H2,(H,21,26)(H,22,24)(H,23,25). The molecular weight excluding hydrogens is 368 g/mol. The fourth-order valence-electron chi connectivity index (χ4n) is 1.94. The SMILES string of the molecule is O=C(CNC(=O)c1ccc(F)cc1F)NNC(=O)Cc1ccc(Cl)cc1. The van der Waals surface area contributed by atoms with Crippen molar-refractivity contribution in [2.45, 2.75) is 6.42 Å². The third-order valence-corrected chi connectivity index (χ3v) is 3.46. The van der Waals surface area contributed by atoms with Gasteiger partial charge in [0.2, 0.25) is 5.91 Å². The van der Waals surface area contributed by atoms with Crippen LogP contribution in [0.5, 0.6) is 0 Å². The second kappa shape index (κ2) is 8.91. The van der Waals surface area contributed by atoms with Crippen molar-refractivity contribution in [3.8, 4) is 0 Å². The van der Waals surface area contributed by atoms with E-state index in [9.17, 15) is 23.2 Å². The first-order valence-corrected chi connectivity index (χ1v) is 7.78. The van der Waals surface area contributed by atoms with Gasteiger partial charge in [-0.3, -0.25) is 25.2 Å². The Morgan fingerprint density at radius 1 is 0.923 bits per heavy atom. The smallest absolute Gasteiger partial charge is 0.257 e. The van der Waals surface area contributed by atoms with Crippen molar-refractivity contribution in [3.05, 3.63) is 70.2 Å². The maximum atomic E-state index is 13.4. The third-order valence-electron chi connectivity index (χ3n) is 3.20. The van der Waals surface area contributed by atoms with Crippen molar-refractivity contribution in [2.75, 3.05) is 6.54 Å². The fourth-order valence-corrected chi connectivity index (χ4v) is 2.07. The quantitative estimate of drug-likeness (QED) is 0.689. The van der Waals surface area contributed by atoms with Gasteiger partial charge in [-0.1, -0.05) is 23.7 Å². The lowest BCUT2D eigenvalue weighted by atomic mass is 10.1. The first kappa shape index (κ1) is 19.3. The summed E-state index contributed by atoms with van der Waals surface area (Å²) >= 11 is 5.74. The van der Waals surface area contributed by atoms with E-state index in [1.54, 1.807) is 24.3 Å². The van der Waals surface area contributed by atoms with Gasteiger partial charge in [0.05, 0.1) is 18.5 Å². The van der Waals surface area contributed by atoms with E-state index < -0.39 is 41.5 Å². The molecule has 2 aromatic carbocycles. The van der Waals surface area contributed by atoms with Gasteiger partial charge < -0.3 is 5.32 Å². The van der Waals surface area contributed by atoms with Gasteiger partial charge in [0, 0.05) is 11.1 Å². The second-order valence-electron chi connectivity index (χ2n) is 5.21. The van der Waals surface area contributed by atoms with Crippen molar-refractivity contribution < 1.29 is 23.2 Å². The molecule has 0 aliphatic carbocycles. The number of nitrogens with one attached hydrogen (secondary N) is 3. The molecule has 0 unspecified atom stereocenters. The third kappa shape index (κ3) is 5.82. The Morgan fingerprint density at radius 2 is 1.58 bits per heavy atom. The second-order valence-corrected chi connectivity index (χ2v) is 5.64. The number of halogens is 3.